The zero-order chi connectivity index (χ0) is 10.4. The van der Waals surface area contributed by atoms with Crippen molar-refractivity contribution in [1.29, 1.82) is 0 Å². The van der Waals surface area contributed by atoms with Crippen LogP contribution in [-0.2, 0) is 0 Å². The molecule has 0 aromatic heterocycles. The summed E-state index contributed by atoms with van der Waals surface area (Å²) in [5.41, 5.74) is 0. The van der Waals surface area contributed by atoms with Gasteiger partial charge >= 0.3 is 0 Å². The second-order valence-electron chi connectivity index (χ2n) is 4.42. The molecule has 1 atom stereocenters. The minimum Gasteiger partial charge on any atom is -0.309 e. The average Bonchev–Trinajstić information content (AvgIpc) is 2.08. The number of thioether (sulfide) groups is 1. The summed E-state index contributed by atoms with van der Waals surface area (Å²) in [5.74, 6) is 2.62. The highest BCUT2D eigenvalue weighted by atomic mass is 32.2. The summed E-state index contributed by atoms with van der Waals surface area (Å²) < 4.78 is 0. The number of rotatable bonds is 7. The standard InChI is InChI=1S/C11H24N2S/c1-4-5-6-13(3)7-10(2)12-11-8-14-9-11/h10-12H,4-9H2,1-3H3/t10-/m0/s1. The molecule has 0 amide bonds. The van der Waals surface area contributed by atoms with E-state index in [2.05, 4.69) is 31.1 Å². The quantitative estimate of drug-likeness (QED) is 0.699. The number of unbranched alkanes of at least 4 members (excludes halogenated alkanes) is 1. The Bertz CT molecular complexity index is 148. The molecular weight excluding hydrogens is 192 g/mol. The van der Waals surface area contributed by atoms with Gasteiger partial charge in [-0.2, -0.15) is 11.8 Å². The summed E-state index contributed by atoms with van der Waals surface area (Å²) in [4.78, 5) is 2.44. The first-order chi connectivity index (χ1) is 6.72. The third kappa shape index (κ3) is 4.67. The molecule has 0 aliphatic carbocycles. The van der Waals surface area contributed by atoms with Crippen molar-refractivity contribution in [3.63, 3.8) is 0 Å². The van der Waals surface area contributed by atoms with Crippen LogP contribution in [0.25, 0.3) is 0 Å². The van der Waals surface area contributed by atoms with Crippen molar-refractivity contribution in [2.24, 2.45) is 0 Å². The molecule has 1 aliphatic rings. The monoisotopic (exact) mass is 216 g/mol. The summed E-state index contributed by atoms with van der Waals surface area (Å²) >= 11 is 2.04. The normalized spacial score (nSPS) is 19.7. The predicted octanol–water partition coefficient (Wildman–Crippen LogP) is 1.81. The maximum absolute atomic E-state index is 3.66. The Labute approximate surface area is 92.8 Å². The maximum atomic E-state index is 3.66. The Morgan fingerprint density at radius 2 is 2.21 bits per heavy atom. The first-order valence-electron chi connectivity index (χ1n) is 5.74. The third-order valence-corrected chi connectivity index (χ3v) is 3.91. The number of likely N-dealkylation sites (N-methyl/N-ethyl adjacent to an activating group) is 1. The molecule has 1 rings (SSSR count). The molecule has 1 N–H and O–H groups in total. The van der Waals surface area contributed by atoms with Gasteiger partial charge in [-0.15, -0.1) is 0 Å². The first kappa shape index (κ1) is 12.3. The molecule has 84 valence electrons. The second-order valence-corrected chi connectivity index (χ2v) is 5.49. The fourth-order valence-corrected chi connectivity index (χ4v) is 2.44. The van der Waals surface area contributed by atoms with E-state index in [0.29, 0.717) is 6.04 Å². The zero-order valence-corrected chi connectivity index (χ0v) is 10.6. The van der Waals surface area contributed by atoms with Crippen LogP contribution in [0.5, 0.6) is 0 Å². The van der Waals surface area contributed by atoms with E-state index in [1.54, 1.807) is 0 Å². The minimum atomic E-state index is 0.641. The largest absolute Gasteiger partial charge is 0.309 e. The van der Waals surface area contributed by atoms with Gasteiger partial charge in [0.1, 0.15) is 0 Å². The van der Waals surface area contributed by atoms with E-state index in [9.17, 15) is 0 Å². The van der Waals surface area contributed by atoms with E-state index in [1.807, 2.05) is 11.8 Å². The van der Waals surface area contributed by atoms with E-state index in [0.717, 1.165) is 6.04 Å². The fourth-order valence-electron chi connectivity index (χ4n) is 1.77. The summed E-state index contributed by atoms with van der Waals surface area (Å²) in [6.07, 6.45) is 2.62. The van der Waals surface area contributed by atoms with Crippen LogP contribution >= 0.6 is 11.8 Å². The minimum absolute atomic E-state index is 0.641. The molecular formula is C11H24N2S. The zero-order valence-electron chi connectivity index (χ0n) is 9.75. The summed E-state index contributed by atoms with van der Waals surface area (Å²) in [5, 5.41) is 3.66. The molecule has 0 bridgehead atoms. The van der Waals surface area contributed by atoms with Gasteiger partial charge in [-0.3, -0.25) is 0 Å². The van der Waals surface area contributed by atoms with Crippen molar-refractivity contribution in [1.82, 2.24) is 10.2 Å². The summed E-state index contributed by atoms with van der Waals surface area (Å²) in [6, 6.07) is 1.43. The lowest BCUT2D eigenvalue weighted by molar-refractivity contribution is 0.285. The first-order valence-corrected chi connectivity index (χ1v) is 6.90. The van der Waals surface area contributed by atoms with E-state index >= 15 is 0 Å². The number of nitrogens with zero attached hydrogens (tertiary/aromatic N) is 1. The van der Waals surface area contributed by atoms with Crippen LogP contribution in [0.1, 0.15) is 26.7 Å². The van der Waals surface area contributed by atoms with Crippen LogP contribution in [0.4, 0.5) is 0 Å². The van der Waals surface area contributed by atoms with Gasteiger partial charge in [-0.05, 0) is 26.9 Å². The Kier molecular flexibility index (Phi) is 5.90. The molecule has 14 heavy (non-hydrogen) atoms. The molecule has 3 heteroatoms. The molecule has 1 heterocycles. The number of hydrogen-bond donors (Lipinski definition) is 1. The number of nitrogens with one attached hydrogen (secondary N) is 1. The molecule has 2 nitrogen and oxygen atoms in total. The third-order valence-electron chi connectivity index (χ3n) is 2.64. The Balaban J connectivity index is 2.02. The molecule has 1 aliphatic heterocycles. The van der Waals surface area contributed by atoms with Gasteiger partial charge in [-0.1, -0.05) is 13.3 Å². The van der Waals surface area contributed by atoms with E-state index in [4.69, 9.17) is 0 Å². The summed E-state index contributed by atoms with van der Waals surface area (Å²) in [6.45, 7) is 6.97. The topological polar surface area (TPSA) is 15.3 Å². The van der Waals surface area contributed by atoms with Crippen LogP contribution in [0, 0.1) is 0 Å². The molecule has 0 spiro atoms. The van der Waals surface area contributed by atoms with Gasteiger partial charge in [0.05, 0.1) is 0 Å². The smallest absolute Gasteiger partial charge is 0.0251 e. The molecule has 1 saturated heterocycles. The van der Waals surface area contributed by atoms with Crippen molar-refractivity contribution in [3.05, 3.63) is 0 Å². The van der Waals surface area contributed by atoms with Crippen molar-refractivity contribution in [3.8, 4) is 0 Å². The number of hydrogen-bond acceptors (Lipinski definition) is 3. The lowest BCUT2D eigenvalue weighted by Crippen LogP contribution is -2.48. The Hall–Kier alpha value is 0.270. The SMILES string of the molecule is CCCCN(C)C[C@H](C)NC1CSC1. The highest BCUT2D eigenvalue weighted by Gasteiger charge is 2.19. The van der Waals surface area contributed by atoms with Crippen LogP contribution in [0.15, 0.2) is 0 Å². The molecule has 1 fully saturated rings. The van der Waals surface area contributed by atoms with Gasteiger partial charge in [0.15, 0.2) is 0 Å². The molecule has 0 unspecified atom stereocenters. The summed E-state index contributed by atoms with van der Waals surface area (Å²) in [7, 11) is 2.23. The van der Waals surface area contributed by atoms with Crippen LogP contribution in [0.3, 0.4) is 0 Å². The Morgan fingerprint density at radius 1 is 1.50 bits per heavy atom. The highest BCUT2D eigenvalue weighted by Crippen LogP contribution is 2.17. The van der Waals surface area contributed by atoms with Crippen molar-refractivity contribution < 1.29 is 0 Å². The molecule has 0 radical (unpaired) electrons. The highest BCUT2D eigenvalue weighted by molar-refractivity contribution is 8.00. The van der Waals surface area contributed by atoms with Gasteiger partial charge in [0.2, 0.25) is 0 Å². The predicted molar refractivity (Wildman–Crippen MR) is 66.1 cm³/mol. The fraction of sp³-hybridized carbons (Fsp3) is 1.00. The van der Waals surface area contributed by atoms with Crippen LogP contribution in [0.2, 0.25) is 0 Å². The van der Waals surface area contributed by atoms with E-state index in [1.165, 1.54) is 37.4 Å². The maximum Gasteiger partial charge on any atom is 0.0251 e. The van der Waals surface area contributed by atoms with E-state index in [-0.39, 0.29) is 0 Å². The lowest BCUT2D eigenvalue weighted by Gasteiger charge is -2.31. The lowest BCUT2D eigenvalue weighted by atomic mass is 10.2. The van der Waals surface area contributed by atoms with Crippen LogP contribution < -0.4 is 5.32 Å². The van der Waals surface area contributed by atoms with E-state index < -0.39 is 0 Å². The van der Waals surface area contributed by atoms with Crippen LogP contribution in [-0.4, -0.2) is 48.6 Å². The van der Waals surface area contributed by atoms with Gasteiger partial charge < -0.3 is 10.2 Å². The molecule has 0 saturated carbocycles. The van der Waals surface area contributed by atoms with Crippen molar-refractivity contribution in [2.75, 3.05) is 31.6 Å². The molecule has 0 aromatic carbocycles. The van der Waals surface area contributed by atoms with Crippen molar-refractivity contribution >= 4 is 11.8 Å². The average molecular weight is 216 g/mol. The second kappa shape index (κ2) is 6.70. The Morgan fingerprint density at radius 3 is 2.71 bits per heavy atom. The van der Waals surface area contributed by atoms with Gasteiger partial charge in [0.25, 0.3) is 0 Å². The molecule has 0 aromatic rings. The van der Waals surface area contributed by atoms with Gasteiger partial charge in [-0.25, -0.2) is 0 Å². The van der Waals surface area contributed by atoms with Gasteiger partial charge in [0, 0.05) is 30.1 Å². The van der Waals surface area contributed by atoms with Crippen molar-refractivity contribution in [2.45, 2.75) is 38.8 Å².